The highest BCUT2D eigenvalue weighted by Gasteiger charge is 2.29. The van der Waals surface area contributed by atoms with Crippen LogP contribution in [0.5, 0.6) is 0 Å². The molecule has 3 rings (SSSR count). The third kappa shape index (κ3) is 1.95. The van der Waals surface area contributed by atoms with Crippen molar-refractivity contribution in [2.45, 2.75) is 6.04 Å². The lowest BCUT2D eigenvalue weighted by atomic mass is 10.1. The van der Waals surface area contributed by atoms with E-state index < -0.39 is 0 Å². The second-order valence-electron chi connectivity index (χ2n) is 4.07. The molecule has 2 aromatic heterocycles. The van der Waals surface area contributed by atoms with Gasteiger partial charge in [-0.05, 0) is 15.9 Å². The highest BCUT2D eigenvalue weighted by atomic mass is 79.9. The molecule has 1 fully saturated rings. The Morgan fingerprint density at radius 3 is 2.67 bits per heavy atom. The molecule has 18 heavy (non-hydrogen) atoms. The Hall–Kier alpha value is -1.94. The average Bonchev–Trinajstić information content (AvgIpc) is 2.75. The fraction of sp³-hybridized carbons (Fsp3) is 0.273. The van der Waals surface area contributed by atoms with Crippen LogP contribution in [0.2, 0.25) is 0 Å². The van der Waals surface area contributed by atoms with Crippen LogP contribution in [0.1, 0.15) is 11.7 Å². The molecule has 7 heteroatoms. The molecule has 0 amide bonds. The monoisotopic (exact) mass is 304 g/mol. The molecule has 0 spiro atoms. The number of hydrogen-bond acceptors (Lipinski definition) is 5. The van der Waals surface area contributed by atoms with Gasteiger partial charge in [0, 0.05) is 19.3 Å². The first kappa shape index (κ1) is 11.2. The molecule has 0 aliphatic carbocycles. The summed E-state index contributed by atoms with van der Waals surface area (Å²) in [4.78, 5) is 10.3. The van der Waals surface area contributed by atoms with E-state index in [2.05, 4.69) is 35.9 Å². The minimum atomic E-state index is 0.340. The van der Waals surface area contributed by atoms with Gasteiger partial charge in [0.15, 0.2) is 5.69 Å². The largest absolute Gasteiger partial charge is 0.351 e. The summed E-state index contributed by atoms with van der Waals surface area (Å²) in [6, 6.07) is 2.32. The summed E-state index contributed by atoms with van der Waals surface area (Å²) in [6.07, 6.45) is 6.87. The summed E-state index contributed by atoms with van der Waals surface area (Å²) in [5, 5.41) is 12.9. The van der Waals surface area contributed by atoms with E-state index in [4.69, 9.17) is 5.26 Å². The first-order chi connectivity index (χ1) is 8.76. The molecule has 0 atom stereocenters. The molecule has 1 saturated heterocycles. The Balaban J connectivity index is 1.66. The van der Waals surface area contributed by atoms with Gasteiger partial charge in [-0.2, -0.15) is 10.4 Å². The Morgan fingerprint density at radius 1 is 1.28 bits per heavy atom. The van der Waals surface area contributed by atoms with Crippen molar-refractivity contribution in [3.8, 4) is 6.07 Å². The molecule has 1 aliphatic rings. The van der Waals surface area contributed by atoms with Crippen molar-refractivity contribution < 1.29 is 0 Å². The predicted octanol–water partition coefficient (Wildman–Crippen LogP) is 1.37. The zero-order chi connectivity index (χ0) is 12.5. The molecule has 2 aromatic rings. The van der Waals surface area contributed by atoms with E-state index in [0.29, 0.717) is 11.7 Å². The molecule has 0 unspecified atom stereocenters. The molecular formula is C11H9BrN6. The Kier molecular flexibility index (Phi) is 2.72. The van der Waals surface area contributed by atoms with Gasteiger partial charge in [0.1, 0.15) is 11.9 Å². The van der Waals surface area contributed by atoms with Crippen molar-refractivity contribution in [1.82, 2.24) is 19.7 Å². The SMILES string of the molecule is N#Cc1cnc(N2CC(n3cc(Br)cn3)C2)cn1. The molecular weight excluding hydrogens is 296 g/mol. The van der Waals surface area contributed by atoms with Crippen LogP contribution in [-0.2, 0) is 0 Å². The molecule has 0 aromatic carbocycles. The maximum atomic E-state index is 8.65. The summed E-state index contributed by atoms with van der Waals surface area (Å²) in [7, 11) is 0. The summed E-state index contributed by atoms with van der Waals surface area (Å²) < 4.78 is 2.93. The summed E-state index contributed by atoms with van der Waals surface area (Å²) in [5.41, 5.74) is 0.340. The molecule has 0 bridgehead atoms. The predicted molar refractivity (Wildman–Crippen MR) is 67.9 cm³/mol. The van der Waals surface area contributed by atoms with Crippen LogP contribution in [0.3, 0.4) is 0 Å². The van der Waals surface area contributed by atoms with Gasteiger partial charge in [0.25, 0.3) is 0 Å². The van der Waals surface area contributed by atoms with Gasteiger partial charge < -0.3 is 4.90 Å². The van der Waals surface area contributed by atoms with Crippen LogP contribution in [0, 0.1) is 11.3 Å². The van der Waals surface area contributed by atoms with Crippen LogP contribution < -0.4 is 4.90 Å². The van der Waals surface area contributed by atoms with Gasteiger partial charge in [-0.1, -0.05) is 0 Å². The average molecular weight is 305 g/mol. The normalized spacial score (nSPS) is 15.2. The maximum Gasteiger partial charge on any atom is 0.158 e. The molecule has 90 valence electrons. The van der Waals surface area contributed by atoms with E-state index in [0.717, 1.165) is 23.4 Å². The number of rotatable bonds is 2. The maximum absolute atomic E-state index is 8.65. The number of hydrogen-bond donors (Lipinski definition) is 0. The van der Waals surface area contributed by atoms with Crippen LogP contribution in [0.15, 0.2) is 29.3 Å². The summed E-state index contributed by atoms with van der Waals surface area (Å²) in [5.74, 6) is 0.802. The van der Waals surface area contributed by atoms with Gasteiger partial charge in [0.2, 0.25) is 0 Å². The fourth-order valence-corrected chi connectivity index (χ4v) is 2.17. The zero-order valence-corrected chi connectivity index (χ0v) is 10.9. The summed E-state index contributed by atoms with van der Waals surface area (Å²) in [6.45, 7) is 1.71. The van der Waals surface area contributed by atoms with Crippen molar-refractivity contribution in [3.63, 3.8) is 0 Å². The van der Waals surface area contributed by atoms with E-state index in [1.54, 1.807) is 12.4 Å². The van der Waals surface area contributed by atoms with Crippen molar-refractivity contribution >= 4 is 21.7 Å². The molecule has 0 radical (unpaired) electrons. The topological polar surface area (TPSA) is 70.6 Å². The number of aromatic nitrogens is 4. The van der Waals surface area contributed by atoms with E-state index in [9.17, 15) is 0 Å². The number of halogens is 1. The van der Waals surface area contributed by atoms with Crippen LogP contribution in [0.25, 0.3) is 0 Å². The van der Waals surface area contributed by atoms with Crippen molar-refractivity contribution in [2.24, 2.45) is 0 Å². The molecule has 3 heterocycles. The Bertz CT molecular complexity index is 593. The second kappa shape index (κ2) is 4.38. The van der Waals surface area contributed by atoms with Crippen LogP contribution >= 0.6 is 15.9 Å². The highest BCUT2D eigenvalue weighted by molar-refractivity contribution is 9.10. The van der Waals surface area contributed by atoms with Crippen LogP contribution in [-0.4, -0.2) is 32.8 Å². The lowest BCUT2D eigenvalue weighted by Crippen LogP contribution is -2.48. The van der Waals surface area contributed by atoms with Gasteiger partial charge in [-0.25, -0.2) is 9.97 Å². The third-order valence-corrected chi connectivity index (χ3v) is 3.29. The standard InChI is InChI=1S/C11H9BrN6/c12-8-2-16-18(5-8)10-6-17(7-10)11-4-14-9(1-13)3-15-11/h2-5,10H,6-7H2. The molecule has 6 nitrogen and oxygen atoms in total. The molecule has 0 N–H and O–H groups in total. The quantitative estimate of drug-likeness (QED) is 0.838. The number of anilines is 1. The Morgan fingerprint density at radius 2 is 2.11 bits per heavy atom. The number of nitrogens with zero attached hydrogens (tertiary/aromatic N) is 6. The van der Waals surface area contributed by atoms with Crippen molar-refractivity contribution in [2.75, 3.05) is 18.0 Å². The van der Waals surface area contributed by atoms with Crippen LogP contribution in [0.4, 0.5) is 5.82 Å². The Labute approximate surface area is 112 Å². The minimum absolute atomic E-state index is 0.340. The van der Waals surface area contributed by atoms with E-state index in [1.165, 1.54) is 6.20 Å². The minimum Gasteiger partial charge on any atom is -0.351 e. The van der Waals surface area contributed by atoms with E-state index in [1.807, 2.05) is 16.9 Å². The highest BCUT2D eigenvalue weighted by Crippen LogP contribution is 2.26. The first-order valence-electron chi connectivity index (χ1n) is 5.43. The second-order valence-corrected chi connectivity index (χ2v) is 4.98. The van der Waals surface area contributed by atoms with Gasteiger partial charge >= 0.3 is 0 Å². The fourth-order valence-electron chi connectivity index (χ4n) is 1.87. The van der Waals surface area contributed by atoms with Gasteiger partial charge in [-0.3, -0.25) is 4.68 Å². The lowest BCUT2D eigenvalue weighted by molar-refractivity contribution is 0.365. The van der Waals surface area contributed by atoms with E-state index >= 15 is 0 Å². The lowest BCUT2D eigenvalue weighted by Gasteiger charge is -2.39. The van der Waals surface area contributed by atoms with Gasteiger partial charge in [-0.15, -0.1) is 0 Å². The number of nitriles is 1. The molecule has 1 aliphatic heterocycles. The smallest absolute Gasteiger partial charge is 0.158 e. The first-order valence-corrected chi connectivity index (χ1v) is 6.22. The zero-order valence-electron chi connectivity index (χ0n) is 9.36. The summed E-state index contributed by atoms with van der Waals surface area (Å²) >= 11 is 3.38. The van der Waals surface area contributed by atoms with Gasteiger partial charge in [0.05, 0.1) is 29.1 Å². The molecule has 0 saturated carbocycles. The third-order valence-electron chi connectivity index (χ3n) is 2.88. The van der Waals surface area contributed by atoms with E-state index in [-0.39, 0.29) is 0 Å². The van der Waals surface area contributed by atoms with Crippen molar-refractivity contribution in [3.05, 3.63) is 35.0 Å². The van der Waals surface area contributed by atoms with Crippen molar-refractivity contribution in [1.29, 1.82) is 5.26 Å².